The predicted octanol–water partition coefficient (Wildman–Crippen LogP) is 0.122. The Morgan fingerprint density at radius 3 is 3.08 bits per heavy atom. The van der Waals surface area contributed by atoms with E-state index in [2.05, 4.69) is 9.97 Å². The highest BCUT2D eigenvalue weighted by molar-refractivity contribution is 5.66. The number of carbonyl (C=O) groups is 1. The molecule has 5 heteroatoms. The molecular formula is C7H9N3O2. The van der Waals surface area contributed by atoms with E-state index in [1.54, 1.807) is 0 Å². The van der Waals surface area contributed by atoms with Crippen LogP contribution >= 0.6 is 0 Å². The van der Waals surface area contributed by atoms with Crippen LogP contribution in [0.5, 0.6) is 0 Å². The summed E-state index contributed by atoms with van der Waals surface area (Å²) in [5, 5.41) is 0. The molecule has 1 aromatic heterocycles. The summed E-state index contributed by atoms with van der Waals surface area (Å²) in [6.45, 7) is 1.46. The van der Waals surface area contributed by atoms with Crippen LogP contribution in [0.4, 0.5) is 5.82 Å². The molecule has 0 unspecified atom stereocenters. The molecule has 0 saturated carbocycles. The Hall–Kier alpha value is -1.65. The molecule has 0 aliphatic heterocycles. The van der Waals surface area contributed by atoms with Crippen molar-refractivity contribution in [1.82, 2.24) is 9.97 Å². The second-order valence-electron chi connectivity index (χ2n) is 2.21. The van der Waals surface area contributed by atoms with Crippen molar-refractivity contribution in [3.63, 3.8) is 0 Å². The van der Waals surface area contributed by atoms with Crippen molar-refractivity contribution >= 4 is 11.8 Å². The lowest BCUT2D eigenvalue weighted by molar-refractivity contribution is -0.142. The van der Waals surface area contributed by atoms with E-state index in [-0.39, 0.29) is 12.6 Å². The zero-order valence-corrected chi connectivity index (χ0v) is 6.65. The molecule has 5 nitrogen and oxygen atoms in total. The van der Waals surface area contributed by atoms with E-state index in [0.29, 0.717) is 11.4 Å². The van der Waals surface area contributed by atoms with E-state index in [4.69, 9.17) is 10.5 Å². The summed E-state index contributed by atoms with van der Waals surface area (Å²) < 4.78 is 4.71. The van der Waals surface area contributed by atoms with Crippen LogP contribution in [-0.4, -0.2) is 15.9 Å². The average Bonchev–Trinajstić information content (AvgIpc) is 2.03. The number of hydrogen-bond donors (Lipinski definition) is 1. The van der Waals surface area contributed by atoms with Crippen LogP contribution in [-0.2, 0) is 16.1 Å². The molecule has 0 spiro atoms. The van der Waals surface area contributed by atoms with Crippen molar-refractivity contribution in [2.75, 3.05) is 5.73 Å². The first-order valence-corrected chi connectivity index (χ1v) is 3.38. The predicted molar refractivity (Wildman–Crippen MR) is 41.9 cm³/mol. The van der Waals surface area contributed by atoms with Crippen LogP contribution in [0.1, 0.15) is 12.5 Å². The van der Waals surface area contributed by atoms with Crippen LogP contribution in [0, 0.1) is 0 Å². The minimum absolute atomic E-state index is 0.127. The molecule has 0 aliphatic carbocycles. The summed E-state index contributed by atoms with van der Waals surface area (Å²) in [5.41, 5.74) is 6.08. The Kier molecular flexibility index (Phi) is 2.57. The van der Waals surface area contributed by atoms with Gasteiger partial charge in [-0.15, -0.1) is 0 Å². The molecule has 0 aliphatic rings. The number of esters is 1. The summed E-state index contributed by atoms with van der Waals surface area (Å²) in [6, 6.07) is 0. The summed E-state index contributed by atoms with van der Waals surface area (Å²) >= 11 is 0. The zero-order chi connectivity index (χ0) is 8.97. The first kappa shape index (κ1) is 8.45. The van der Waals surface area contributed by atoms with E-state index < -0.39 is 0 Å². The largest absolute Gasteiger partial charge is 0.461 e. The number of hydrogen-bond acceptors (Lipinski definition) is 5. The maximum Gasteiger partial charge on any atom is 0.302 e. The number of aromatic nitrogens is 2. The third-order valence-electron chi connectivity index (χ3n) is 1.25. The molecule has 0 radical (unpaired) electrons. The third-order valence-corrected chi connectivity index (χ3v) is 1.25. The fourth-order valence-corrected chi connectivity index (χ4v) is 0.658. The minimum Gasteiger partial charge on any atom is -0.461 e. The molecular weight excluding hydrogens is 158 g/mol. The molecule has 1 heterocycles. The molecule has 0 aromatic carbocycles. The summed E-state index contributed by atoms with van der Waals surface area (Å²) in [7, 11) is 0. The molecule has 0 bridgehead atoms. The van der Waals surface area contributed by atoms with Gasteiger partial charge in [0.25, 0.3) is 0 Å². The number of anilines is 1. The maximum atomic E-state index is 10.4. The summed E-state index contributed by atoms with van der Waals surface area (Å²) in [4.78, 5) is 17.9. The highest BCUT2D eigenvalue weighted by Crippen LogP contribution is 2.05. The molecule has 2 N–H and O–H groups in total. The van der Waals surface area contributed by atoms with Crippen LogP contribution in [0.2, 0.25) is 0 Å². The number of carbonyl (C=O) groups excluding carboxylic acids is 1. The Balaban J connectivity index is 2.63. The van der Waals surface area contributed by atoms with Gasteiger partial charge >= 0.3 is 5.97 Å². The molecule has 1 aromatic rings. The van der Waals surface area contributed by atoms with Crippen LogP contribution in [0.3, 0.4) is 0 Å². The molecule has 1 rings (SSSR count). The van der Waals surface area contributed by atoms with Crippen molar-refractivity contribution < 1.29 is 9.53 Å². The van der Waals surface area contributed by atoms with Crippen molar-refractivity contribution in [3.05, 3.63) is 18.1 Å². The van der Waals surface area contributed by atoms with E-state index in [1.165, 1.54) is 19.4 Å². The molecule has 0 saturated heterocycles. The average molecular weight is 167 g/mol. The monoisotopic (exact) mass is 167 g/mol. The van der Waals surface area contributed by atoms with Gasteiger partial charge in [0.05, 0.1) is 0 Å². The number of nitrogens with zero attached hydrogens (tertiary/aromatic N) is 2. The molecule has 0 atom stereocenters. The van der Waals surface area contributed by atoms with Gasteiger partial charge in [-0.25, -0.2) is 9.97 Å². The van der Waals surface area contributed by atoms with Crippen LogP contribution < -0.4 is 5.73 Å². The Labute approximate surface area is 69.6 Å². The fraction of sp³-hybridized carbons (Fsp3) is 0.286. The zero-order valence-electron chi connectivity index (χ0n) is 6.65. The minimum atomic E-state index is -0.349. The van der Waals surface area contributed by atoms with Crippen molar-refractivity contribution in [1.29, 1.82) is 0 Å². The lowest BCUT2D eigenvalue weighted by Gasteiger charge is -2.02. The van der Waals surface area contributed by atoms with Crippen molar-refractivity contribution in [2.24, 2.45) is 0 Å². The second kappa shape index (κ2) is 3.66. The first-order valence-electron chi connectivity index (χ1n) is 3.38. The van der Waals surface area contributed by atoms with Gasteiger partial charge < -0.3 is 10.5 Å². The van der Waals surface area contributed by atoms with E-state index >= 15 is 0 Å². The topological polar surface area (TPSA) is 78.1 Å². The molecule has 12 heavy (non-hydrogen) atoms. The summed E-state index contributed by atoms with van der Waals surface area (Å²) in [5.74, 6) is -0.00972. The van der Waals surface area contributed by atoms with Gasteiger partial charge in [0.1, 0.15) is 18.8 Å². The molecule has 0 fully saturated rings. The summed E-state index contributed by atoms with van der Waals surface area (Å²) in [6.07, 6.45) is 2.86. The lowest BCUT2D eigenvalue weighted by Crippen LogP contribution is -2.03. The third kappa shape index (κ3) is 2.19. The van der Waals surface area contributed by atoms with E-state index in [9.17, 15) is 4.79 Å². The van der Waals surface area contributed by atoms with Gasteiger partial charge in [-0.1, -0.05) is 0 Å². The standard InChI is InChI=1S/C7H9N3O2/c1-5(11)12-3-6-2-9-4-10-7(6)8/h2,4H,3H2,1H3,(H2,8,9,10). The highest BCUT2D eigenvalue weighted by atomic mass is 16.5. The normalized spacial score (nSPS) is 9.42. The van der Waals surface area contributed by atoms with E-state index in [0.717, 1.165) is 0 Å². The number of ether oxygens (including phenoxy) is 1. The molecule has 0 amide bonds. The van der Waals surface area contributed by atoms with E-state index in [1.807, 2.05) is 0 Å². The SMILES string of the molecule is CC(=O)OCc1cncnc1N. The number of nitrogens with two attached hydrogens (primary N) is 1. The Morgan fingerprint density at radius 2 is 2.50 bits per heavy atom. The van der Waals surface area contributed by atoms with Crippen LogP contribution in [0.15, 0.2) is 12.5 Å². The first-order chi connectivity index (χ1) is 5.70. The number of rotatable bonds is 2. The molecule has 64 valence electrons. The second-order valence-corrected chi connectivity index (χ2v) is 2.21. The smallest absolute Gasteiger partial charge is 0.302 e. The van der Waals surface area contributed by atoms with Crippen molar-refractivity contribution in [2.45, 2.75) is 13.5 Å². The van der Waals surface area contributed by atoms with Crippen LogP contribution in [0.25, 0.3) is 0 Å². The maximum absolute atomic E-state index is 10.4. The highest BCUT2D eigenvalue weighted by Gasteiger charge is 2.00. The van der Waals surface area contributed by atoms with Gasteiger partial charge in [-0.05, 0) is 0 Å². The van der Waals surface area contributed by atoms with Gasteiger partial charge in [0.2, 0.25) is 0 Å². The van der Waals surface area contributed by atoms with Gasteiger partial charge in [0.15, 0.2) is 0 Å². The van der Waals surface area contributed by atoms with Crippen molar-refractivity contribution in [3.8, 4) is 0 Å². The fourth-order valence-electron chi connectivity index (χ4n) is 0.658. The Bertz CT molecular complexity index is 288. The van der Waals surface area contributed by atoms with Gasteiger partial charge in [-0.3, -0.25) is 4.79 Å². The Morgan fingerprint density at radius 1 is 1.75 bits per heavy atom. The van der Waals surface area contributed by atoms with Gasteiger partial charge in [0, 0.05) is 18.7 Å². The quantitative estimate of drug-likeness (QED) is 0.633. The number of nitrogen functional groups attached to an aromatic ring is 1. The van der Waals surface area contributed by atoms with Gasteiger partial charge in [-0.2, -0.15) is 0 Å². The lowest BCUT2D eigenvalue weighted by atomic mass is 10.3.